The van der Waals surface area contributed by atoms with E-state index in [1.807, 2.05) is 44.2 Å². The highest BCUT2D eigenvalue weighted by atomic mass is 16.5. The first-order valence-electron chi connectivity index (χ1n) is 9.03. The van der Waals surface area contributed by atoms with Crippen LogP contribution in [-0.2, 0) is 19.1 Å². The number of amides is 1. The van der Waals surface area contributed by atoms with Crippen LogP contribution >= 0.6 is 0 Å². The molecule has 0 saturated heterocycles. The fourth-order valence-electron chi connectivity index (χ4n) is 2.66. The van der Waals surface area contributed by atoms with Crippen molar-refractivity contribution in [2.45, 2.75) is 33.2 Å². The lowest BCUT2D eigenvalue weighted by molar-refractivity contribution is -0.147. The number of rotatable bonds is 8. The molecule has 8 nitrogen and oxygen atoms in total. The molecule has 0 bridgehead atoms. The van der Waals surface area contributed by atoms with Gasteiger partial charge in [0.15, 0.2) is 6.61 Å². The van der Waals surface area contributed by atoms with Crippen molar-refractivity contribution < 1.29 is 23.9 Å². The normalized spacial score (nSPS) is 12.7. The number of hydrogen-bond acceptors (Lipinski definition) is 6. The van der Waals surface area contributed by atoms with Gasteiger partial charge >= 0.3 is 11.9 Å². The standard InChI is InChI=1S/C20H25N3O5/c1-5-13(2)18(20(26)27-4)22-17(24)12-28-19(25)16-11-21-23(14(16)3)15-9-7-6-8-10-15/h6-11,13,18H,5,12H2,1-4H3,(H,22,24). The summed E-state index contributed by atoms with van der Waals surface area (Å²) in [6, 6.07) is 8.57. The van der Waals surface area contributed by atoms with Gasteiger partial charge in [-0.15, -0.1) is 0 Å². The van der Waals surface area contributed by atoms with Crippen LogP contribution in [0.3, 0.4) is 0 Å². The summed E-state index contributed by atoms with van der Waals surface area (Å²) in [7, 11) is 1.26. The summed E-state index contributed by atoms with van der Waals surface area (Å²) in [6.07, 6.45) is 2.08. The molecule has 150 valence electrons. The van der Waals surface area contributed by atoms with Gasteiger partial charge in [-0.1, -0.05) is 38.5 Å². The SMILES string of the molecule is CCC(C)C(NC(=O)COC(=O)c1cnn(-c2ccccc2)c1C)C(=O)OC. The second kappa shape index (κ2) is 9.68. The minimum atomic E-state index is -0.788. The summed E-state index contributed by atoms with van der Waals surface area (Å²) in [5, 5.41) is 6.76. The van der Waals surface area contributed by atoms with E-state index in [1.165, 1.54) is 13.3 Å². The van der Waals surface area contributed by atoms with E-state index in [0.717, 1.165) is 5.69 Å². The summed E-state index contributed by atoms with van der Waals surface area (Å²) in [5.74, 6) is -1.88. The molecular formula is C20H25N3O5. The predicted octanol–water partition coefficient (Wildman–Crippen LogP) is 2.04. The molecule has 1 aromatic carbocycles. The Balaban J connectivity index is 1.99. The van der Waals surface area contributed by atoms with Crippen LogP contribution in [0.5, 0.6) is 0 Å². The molecule has 0 aliphatic heterocycles. The van der Waals surface area contributed by atoms with Crippen molar-refractivity contribution in [2.24, 2.45) is 5.92 Å². The van der Waals surface area contributed by atoms with Crippen LogP contribution in [0.4, 0.5) is 0 Å². The zero-order chi connectivity index (χ0) is 20.7. The summed E-state index contributed by atoms with van der Waals surface area (Å²) >= 11 is 0. The van der Waals surface area contributed by atoms with Crippen molar-refractivity contribution in [3.05, 3.63) is 47.8 Å². The molecule has 2 rings (SSSR count). The van der Waals surface area contributed by atoms with Gasteiger partial charge in [0.25, 0.3) is 5.91 Å². The summed E-state index contributed by atoms with van der Waals surface area (Å²) < 4.78 is 11.4. The van der Waals surface area contributed by atoms with Crippen molar-refractivity contribution in [1.29, 1.82) is 0 Å². The van der Waals surface area contributed by atoms with Gasteiger partial charge in [-0.25, -0.2) is 14.3 Å². The van der Waals surface area contributed by atoms with Gasteiger partial charge in [0, 0.05) is 0 Å². The van der Waals surface area contributed by atoms with Crippen molar-refractivity contribution in [3.63, 3.8) is 0 Å². The molecule has 2 aromatic rings. The Morgan fingerprint density at radius 2 is 1.89 bits per heavy atom. The lowest BCUT2D eigenvalue weighted by Gasteiger charge is -2.21. The van der Waals surface area contributed by atoms with Gasteiger partial charge < -0.3 is 14.8 Å². The molecule has 0 aliphatic rings. The average molecular weight is 387 g/mol. The van der Waals surface area contributed by atoms with Crippen molar-refractivity contribution in [3.8, 4) is 5.69 Å². The maximum absolute atomic E-state index is 12.3. The largest absolute Gasteiger partial charge is 0.467 e. The smallest absolute Gasteiger partial charge is 0.342 e. The molecule has 2 unspecified atom stereocenters. The first kappa shape index (κ1) is 21.1. The Kier molecular flexibility index (Phi) is 7.31. The van der Waals surface area contributed by atoms with Gasteiger partial charge in [0.2, 0.25) is 0 Å². The summed E-state index contributed by atoms with van der Waals surface area (Å²) in [4.78, 5) is 36.3. The fraction of sp³-hybridized carbons (Fsp3) is 0.400. The van der Waals surface area contributed by atoms with Crippen molar-refractivity contribution in [1.82, 2.24) is 15.1 Å². The number of para-hydroxylation sites is 1. The highest BCUT2D eigenvalue weighted by molar-refractivity contribution is 5.93. The van der Waals surface area contributed by atoms with Gasteiger partial charge in [0.05, 0.1) is 24.7 Å². The zero-order valence-corrected chi connectivity index (χ0v) is 16.5. The molecule has 28 heavy (non-hydrogen) atoms. The lowest BCUT2D eigenvalue weighted by atomic mass is 9.99. The first-order chi connectivity index (χ1) is 13.4. The van der Waals surface area contributed by atoms with E-state index in [9.17, 15) is 14.4 Å². The van der Waals surface area contributed by atoms with Gasteiger partial charge in [-0.3, -0.25) is 4.79 Å². The number of benzene rings is 1. The Labute approximate surface area is 163 Å². The lowest BCUT2D eigenvalue weighted by Crippen LogP contribution is -2.47. The molecule has 0 aliphatic carbocycles. The molecule has 0 spiro atoms. The van der Waals surface area contributed by atoms with Crippen LogP contribution in [0, 0.1) is 12.8 Å². The Morgan fingerprint density at radius 3 is 2.50 bits per heavy atom. The van der Waals surface area contributed by atoms with Crippen LogP contribution in [-0.4, -0.2) is 47.4 Å². The van der Waals surface area contributed by atoms with Crippen molar-refractivity contribution >= 4 is 17.8 Å². The van der Waals surface area contributed by atoms with Crippen molar-refractivity contribution in [2.75, 3.05) is 13.7 Å². The minimum absolute atomic E-state index is 0.113. The van der Waals surface area contributed by atoms with Gasteiger partial charge in [0.1, 0.15) is 11.6 Å². The Hall–Kier alpha value is -3.16. The monoisotopic (exact) mass is 387 g/mol. The predicted molar refractivity (Wildman–Crippen MR) is 102 cm³/mol. The number of aromatic nitrogens is 2. The number of carbonyl (C=O) groups excluding carboxylic acids is 3. The fourth-order valence-corrected chi connectivity index (χ4v) is 2.66. The third-order valence-electron chi connectivity index (χ3n) is 4.55. The molecule has 0 saturated carbocycles. The Bertz CT molecular complexity index is 832. The van der Waals surface area contributed by atoms with Gasteiger partial charge in [-0.05, 0) is 25.0 Å². The highest BCUT2D eigenvalue weighted by Crippen LogP contribution is 2.15. The molecular weight excluding hydrogens is 362 g/mol. The molecule has 0 radical (unpaired) electrons. The van der Waals surface area contributed by atoms with E-state index in [1.54, 1.807) is 11.6 Å². The van der Waals surface area contributed by atoms with E-state index in [4.69, 9.17) is 9.47 Å². The summed E-state index contributed by atoms with van der Waals surface area (Å²) in [5.41, 5.74) is 1.68. The quantitative estimate of drug-likeness (QED) is 0.696. The summed E-state index contributed by atoms with van der Waals surface area (Å²) in [6.45, 7) is 4.97. The molecule has 1 aromatic heterocycles. The topological polar surface area (TPSA) is 99.5 Å². The second-order valence-electron chi connectivity index (χ2n) is 6.42. The van der Waals surface area contributed by atoms with E-state index in [-0.39, 0.29) is 11.5 Å². The third kappa shape index (κ3) is 4.97. The van der Waals surface area contributed by atoms with Gasteiger partial charge in [-0.2, -0.15) is 5.10 Å². The Morgan fingerprint density at radius 1 is 1.21 bits per heavy atom. The molecule has 0 fully saturated rings. The van der Waals surface area contributed by atoms with E-state index >= 15 is 0 Å². The van der Waals surface area contributed by atoms with Crippen LogP contribution in [0.15, 0.2) is 36.5 Å². The van der Waals surface area contributed by atoms with E-state index in [0.29, 0.717) is 12.1 Å². The molecule has 1 heterocycles. The maximum Gasteiger partial charge on any atom is 0.342 e. The molecule has 8 heteroatoms. The zero-order valence-electron chi connectivity index (χ0n) is 16.5. The third-order valence-corrected chi connectivity index (χ3v) is 4.55. The number of nitrogens with zero attached hydrogens (tertiary/aromatic N) is 2. The van der Waals surface area contributed by atoms with Crippen LogP contribution in [0.25, 0.3) is 5.69 Å². The number of ether oxygens (including phenoxy) is 2. The molecule has 2 atom stereocenters. The number of hydrogen-bond donors (Lipinski definition) is 1. The van der Waals surface area contributed by atoms with Crippen LogP contribution in [0.2, 0.25) is 0 Å². The number of esters is 2. The maximum atomic E-state index is 12.3. The number of nitrogens with one attached hydrogen (secondary N) is 1. The minimum Gasteiger partial charge on any atom is -0.467 e. The highest BCUT2D eigenvalue weighted by Gasteiger charge is 2.27. The van der Waals surface area contributed by atoms with Crippen LogP contribution in [0.1, 0.15) is 36.3 Å². The average Bonchev–Trinajstić information content (AvgIpc) is 3.11. The first-order valence-corrected chi connectivity index (χ1v) is 9.03. The molecule has 1 amide bonds. The van der Waals surface area contributed by atoms with E-state index < -0.39 is 30.5 Å². The van der Waals surface area contributed by atoms with E-state index in [2.05, 4.69) is 10.4 Å². The number of methoxy groups -OCH3 is 1. The molecule has 1 N–H and O–H groups in total. The second-order valence-corrected chi connectivity index (χ2v) is 6.42. The number of carbonyl (C=O) groups is 3. The van der Waals surface area contributed by atoms with Crippen LogP contribution < -0.4 is 5.32 Å².